The number of carbonyl (C=O) groups excluding carboxylic acids is 1. The second-order valence-electron chi connectivity index (χ2n) is 2.45. The molecule has 0 atom stereocenters. The zero-order chi connectivity index (χ0) is 7.84. The lowest BCUT2D eigenvalue weighted by Gasteiger charge is -1.85. The largest absolute Gasteiger partial charge is 0.368 e. The standard InChI is InChI=1S/C8H6N2O/c1-5-3-2-4-6-7(5)10-8(11)9-6/h2-4H,1H3. The Morgan fingerprint density at radius 1 is 1.27 bits per heavy atom. The molecule has 3 nitrogen and oxygen atoms in total. The third-order valence-corrected chi connectivity index (χ3v) is 1.64. The first-order valence-electron chi connectivity index (χ1n) is 3.34. The maximum absolute atomic E-state index is 10.7. The zero-order valence-electron chi connectivity index (χ0n) is 6.03. The van der Waals surface area contributed by atoms with Crippen molar-refractivity contribution in [3.05, 3.63) is 34.5 Å². The van der Waals surface area contributed by atoms with Crippen LogP contribution in [0, 0.1) is 6.92 Å². The Hall–Kier alpha value is -1.51. The van der Waals surface area contributed by atoms with Gasteiger partial charge in [0.2, 0.25) is 0 Å². The summed E-state index contributed by atoms with van der Waals surface area (Å²) in [6.07, 6.45) is 0. The molecule has 0 N–H and O–H groups in total. The quantitative estimate of drug-likeness (QED) is 0.521. The number of urea groups is 1. The second-order valence-corrected chi connectivity index (χ2v) is 2.45. The van der Waals surface area contributed by atoms with Gasteiger partial charge < -0.3 is 0 Å². The summed E-state index contributed by atoms with van der Waals surface area (Å²) in [7, 11) is 0. The van der Waals surface area contributed by atoms with Crippen LogP contribution in [0.1, 0.15) is 5.56 Å². The molecule has 1 aliphatic heterocycles. The average molecular weight is 146 g/mol. The Balaban J connectivity index is 2.97. The molecule has 54 valence electrons. The number of fused-ring (bicyclic) bond motifs is 1. The van der Waals surface area contributed by atoms with Crippen LogP contribution in [-0.4, -0.2) is 6.03 Å². The summed E-state index contributed by atoms with van der Waals surface area (Å²) in [6, 6.07) is 5.17. The van der Waals surface area contributed by atoms with Gasteiger partial charge in [-0.3, -0.25) is 0 Å². The topological polar surface area (TPSA) is 41.8 Å². The number of hydrogen-bond donors (Lipinski definition) is 0. The van der Waals surface area contributed by atoms with Crippen LogP contribution in [0.2, 0.25) is 0 Å². The molecule has 1 aliphatic rings. The van der Waals surface area contributed by atoms with Crippen LogP contribution >= 0.6 is 0 Å². The fourth-order valence-electron chi connectivity index (χ4n) is 1.10. The number of hydrogen-bond acceptors (Lipinski definition) is 1. The minimum Gasteiger partial charge on any atom is -0.244 e. The number of amides is 2. The van der Waals surface area contributed by atoms with Gasteiger partial charge in [-0.2, -0.15) is 9.98 Å². The maximum Gasteiger partial charge on any atom is 0.368 e. The van der Waals surface area contributed by atoms with E-state index in [0.29, 0.717) is 5.36 Å². The highest BCUT2D eigenvalue weighted by Crippen LogP contribution is 1.89. The summed E-state index contributed by atoms with van der Waals surface area (Å²) in [5.74, 6) is 0. The van der Waals surface area contributed by atoms with Crippen molar-refractivity contribution in [2.75, 3.05) is 0 Å². The molecule has 3 heteroatoms. The molecular weight excluding hydrogens is 140 g/mol. The summed E-state index contributed by atoms with van der Waals surface area (Å²) in [5.41, 5.74) is 0.997. The Morgan fingerprint density at radius 3 is 2.82 bits per heavy atom. The molecule has 0 aromatic heterocycles. The van der Waals surface area contributed by atoms with Gasteiger partial charge in [0.25, 0.3) is 0 Å². The van der Waals surface area contributed by atoms with Crippen LogP contribution in [0.5, 0.6) is 0 Å². The van der Waals surface area contributed by atoms with Crippen LogP contribution in [0.3, 0.4) is 0 Å². The fourth-order valence-corrected chi connectivity index (χ4v) is 1.10. The van der Waals surface area contributed by atoms with E-state index in [2.05, 4.69) is 9.98 Å². The van der Waals surface area contributed by atoms with Crippen LogP contribution in [0.25, 0.3) is 0 Å². The summed E-state index contributed by atoms with van der Waals surface area (Å²) in [5, 5.41) is 1.41. The van der Waals surface area contributed by atoms with E-state index < -0.39 is 6.03 Å². The summed E-state index contributed by atoms with van der Waals surface area (Å²) in [6.45, 7) is 1.91. The van der Waals surface area contributed by atoms with Crippen LogP contribution in [0.15, 0.2) is 28.2 Å². The van der Waals surface area contributed by atoms with E-state index in [-0.39, 0.29) is 0 Å². The minimum atomic E-state index is -0.394. The molecule has 0 saturated heterocycles. The van der Waals surface area contributed by atoms with Gasteiger partial charge in [-0.05, 0) is 18.6 Å². The zero-order valence-corrected chi connectivity index (χ0v) is 6.03. The molecule has 1 aromatic carbocycles. The van der Waals surface area contributed by atoms with Crippen molar-refractivity contribution in [2.45, 2.75) is 6.92 Å². The second kappa shape index (κ2) is 1.99. The molecule has 1 heterocycles. The van der Waals surface area contributed by atoms with Crippen molar-refractivity contribution in [3.63, 3.8) is 0 Å². The van der Waals surface area contributed by atoms with Crippen LogP contribution in [-0.2, 0) is 0 Å². The van der Waals surface area contributed by atoms with E-state index in [0.717, 1.165) is 10.9 Å². The molecule has 0 radical (unpaired) electrons. The van der Waals surface area contributed by atoms with Crippen molar-refractivity contribution in [3.8, 4) is 0 Å². The highest BCUT2D eigenvalue weighted by molar-refractivity contribution is 5.77. The Bertz CT molecular complexity index is 434. The molecule has 0 fully saturated rings. The molecule has 0 spiro atoms. The van der Waals surface area contributed by atoms with Gasteiger partial charge in [0.1, 0.15) is 0 Å². The lowest BCUT2D eigenvalue weighted by molar-refractivity contribution is 0.256. The normalized spacial score (nSPS) is 13.7. The Morgan fingerprint density at radius 2 is 2.09 bits per heavy atom. The molecule has 0 unspecified atom stereocenters. The molecule has 0 bridgehead atoms. The first-order chi connectivity index (χ1) is 5.27. The maximum atomic E-state index is 10.7. The highest BCUT2D eigenvalue weighted by Gasteiger charge is 2.04. The summed E-state index contributed by atoms with van der Waals surface area (Å²) in [4.78, 5) is 18.2. The number of benzene rings is 1. The lowest BCUT2D eigenvalue weighted by atomic mass is 10.2. The Kier molecular flexibility index (Phi) is 1.12. The molecule has 1 aromatic rings. The van der Waals surface area contributed by atoms with Crippen molar-refractivity contribution in [1.82, 2.24) is 0 Å². The van der Waals surface area contributed by atoms with Gasteiger partial charge in [0.15, 0.2) is 0 Å². The molecule has 2 amide bonds. The highest BCUT2D eigenvalue weighted by atomic mass is 16.2. The number of aryl methyl sites for hydroxylation is 1. The molecule has 0 saturated carbocycles. The van der Waals surface area contributed by atoms with Crippen LogP contribution < -0.4 is 10.7 Å². The Labute approximate surface area is 63.1 Å². The molecule has 2 rings (SSSR count). The van der Waals surface area contributed by atoms with Crippen molar-refractivity contribution < 1.29 is 4.79 Å². The fraction of sp³-hybridized carbons (Fsp3) is 0.125. The van der Waals surface area contributed by atoms with E-state index in [1.54, 1.807) is 6.07 Å². The van der Waals surface area contributed by atoms with Gasteiger partial charge in [-0.1, -0.05) is 12.1 Å². The summed E-state index contributed by atoms with van der Waals surface area (Å²) < 4.78 is 0. The first-order valence-corrected chi connectivity index (χ1v) is 3.34. The smallest absolute Gasteiger partial charge is 0.244 e. The molecular formula is C8H6N2O. The van der Waals surface area contributed by atoms with E-state index >= 15 is 0 Å². The van der Waals surface area contributed by atoms with Crippen molar-refractivity contribution in [2.24, 2.45) is 9.98 Å². The van der Waals surface area contributed by atoms with Gasteiger partial charge in [-0.15, -0.1) is 0 Å². The lowest BCUT2D eigenvalue weighted by Crippen LogP contribution is -2.23. The number of rotatable bonds is 0. The van der Waals surface area contributed by atoms with E-state index in [1.165, 1.54) is 0 Å². The molecule has 0 aliphatic carbocycles. The van der Waals surface area contributed by atoms with E-state index in [4.69, 9.17) is 0 Å². The predicted molar refractivity (Wildman–Crippen MR) is 38.9 cm³/mol. The van der Waals surface area contributed by atoms with Crippen molar-refractivity contribution in [1.29, 1.82) is 0 Å². The monoisotopic (exact) mass is 146 g/mol. The predicted octanol–water partition coefficient (Wildman–Crippen LogP) is 0.368. The number of para-hydroxylation sites is 1. The summed E-state index contributed by atoms with van der Waals surface area (Å²) >= 11 is 0. The van der Waals surface area contributed by atoms with E-state index in [1.807, 2.05) is 19.1 Å². The van der Waals surface area contributed by atoms with Gasteiger partial charge in [0, 0.05) is 0 Å². The molecule has 11 heavy (non-hydrogen) atoms. The minimum absolute atomic E-state index is 0.394. The third kappa shape index (κ3) is 0.852. The van der Waals surface area contributed by atoms with E-state index in [9.17, 15) is 4.79 Å². The number of carbonyl (C=O) groups is 1. The third-order valence-electron chi connectivity index (χ3n) is 1.64. The van der Waals surface area contributed by atoms with Gasteiger partial charge in [0.05, 0.1) is 10.7 Å². The average Bonchev–Trinajstić information content (AvgIpc) is 2.31. The van der Waals surface area contributed by atoms with Gasteiger partial charge >= 0.3 is 6.03 Å². The van der Waals surface area contributed by atoms with Gasteiger partial charge in [-0.25, -0.2) is 4.79 Å². The number of nitrogens with zero attached hydrogens (tertiary/aromatic N) is 2. The van der Waals surface area contributed by atoms with Crippen LogP contribution in [0.4, 0.5) is 4.79 Å². The van der Waals surface area contributed by atoms with Crippen molar-refractivity contribution >= 4 is 6.03 Å². The SMILES string of the molecule is Cc1cccc2c1=NC(=O)N=2. The first kappa shape index (κ1) is 6.22.